The monoisotopic (exact) mass is 1080 g/mol. The molecule has 440 valence electrons. The summed E-state index contributed by atoms with van der Waals surface area (Å²) >= 11 is 0. The van der Waals surface area contributed by atoms with Gasteiger partial charge in [0.05, 0.1) is 26.4 Å². The minimum Gasteiger partial charge on any atom is -0.457 e. The normalized spacial score (nSPS) is 25.1. The molecule has 2 rings (SSSR count). The molecule has 0 spiro atoms. The summed E-state index contributed by atoms with van der Waals surface area (Å²) in [5, 5.41) is 72.4. The van der Waals surface area contributed by atoms with Crippen LogP contribution < -0.4 is 0 Å². The quantitative estimate of drug-likeness (QED) is 0.0172. The highest BCUT2D eigenvalue weighted by Crippen LogP contribution is 2.26. The van der Waals surface area contributed by atoms with Gasteiger partial charge in [-0.25, -0.2) is 0 Å². The van der Waals surface area contributed by atoms with E-state index >= 15 is 0 Å². The number of rotatable bonds is 46. The van der Waals surface area contributed by atoms with Crippen molar-refractivity contribution in [3.8, 4) is 0 Å². The van der Waals surface area contributed by atoms with Crippen LogP contribution in [-0.4, -0.2) is 142 Å². The van der Waals surface area contributed by atoms with Crippen LogP contribution in [0.15, 0.2) is 109 Å². The summed E-state index contributed by atoms with van der Waals surface area (Å²) in [5.41, 5.74) is 0. The smallest absolute Gasteiger partial charge is 0.306 e. The van der Waals surface area contributed by atoms with Crippen molar-refractivity contribution in [2.45, 2.75) is 248 Å². The van der Waals surface area contributed by atoms with Crippen molar-refractivity contribution in [2.75, 3.05) is 33.0 Å². The Morgan fingerprint density at radius 3 is 1.26 bits per heavy atom. The first-order chi connectivity index (χ1) is 37.6. The minimum atomic E-state index is -1.72. The van der Waals surface area contributed by atoms with Crippen LogP contribution in [0.5, 0.6) is 0 Å². The lowest BCUT2D eigenvalue weighted by atomic mass is 9.98. The molecule has 14 heteroatoms. The van der Waals surface area contributed by atoms with Crippen molar-refractivity contribution >= 4 is 5.97 Å². The number of carbonyl (C=O) groups excluding carboxylic acids is 1. The molecule has 7 N–H and O–H groups in total. The minimum absolute atomic E-state index is 0.0249. The highest BCUT2D eigenvalue weighted by atomic mass is 16.7. The topological polar surface area (TPSA) is 214 Å². The van der Waals surface area contributed by atoms with Gasteiger partial charge in [-0.05, 0) is 96.3 Å². The third-order valence-electron chi connectivity index (χ3n) is 13.3. The molecule has 2 fully saturated rings. The molecule has 2 heterocycles. The molecule has 11 unspecified atom stereocenters. The predicted molar refractivity (Wildman–Crippen MR) is 307 cm³/mol. The Kier molecular flexibility index (Phi) is 44.0. The van der Waals surface area contributed by atoms with Gasteiger partial charge in [0.1, 0.15) is 54.9 Å². The second-order valence-corrected chi connectivity index (χ2v) is 20.1. The number of allylic oxidation sites excluding steroid dienone is 18. The highest BCUT2D eigenvalue weighted by molar-refractivity contribution is 5.69. The van der Waals surface area contributed by atoms with E-state index in [-0.39, 0.29) is 19.6 Å². The van der Waals surface area contributed by atoms with E-state index in [0.29, 0.717) is 13.0 Å². The summed E-state index contributed by atoms with van der Waals surface area (Å²) in [6.07, 6.45) is 50.1. The van der Waals surface area contributed by atoms with Gasteiger partial charge in [-0.15, -0.1) is 0 Å². The number of aliphatic hydroxyl groups excluding tert-OH is 7. The maximum Gasteiger partial charge on any atom is 0.306 e. The second kappa shape index (κ2) is 48.5. The Hall–Kier alpha value is -3.35. The average molecular weight is 1090 g/mol. The first kappa shape index (κ1) is 69.8. The molecular formula is C63H104O14. The van der Waals surface area contributed by atoms with E-state index in [4.69, 9.17) is 28.4 Å². The van der Waals surface area contributed by atoms with Crippen LogP contribution in [0.4, 0.5) is 0 Å². The first-order valence-electron chi connectivity index (χ1n) is 29.5. The number of carbonyl (C=O) groups is 1. The molecule has 2 aliphatic rings. The van der Waals surface area contributed by atoms with E-state index < -0.39 is 86.7 Å². The maximum atomic E-state index is 13.1. The van der Waals surface area contributed by atoms with Gasteiger partial charge in [-0.1, -0.05) is 187 Å². The molecule has 0 radical (unpaired) electrons. The van der Waals surface area contributed by atoms with Gasteiger partial charge in [-0.3, -0.25) is 4.79 Å². The van der Waals surface area contributed by atoms with Crippen LogP contribution >= 0.6 is 0 Å². The summed E-state index contributed by atoms with van der Waals surface area (Å²) in [6, 6.07) is 0. The first-order valence-corrected chi connectivity index (χ1v) is 29.5. The fraction of sp³-hybridized carbons (Fsp3) is 0.698. The van der Waals surface area contributed by atoms with Crippen LogP contribution in [0.2, 0.25) is 0 Å². The van der Waals surface area contributed by atoms with Crippen LogP contribution in [0.25, 0.3) is 0 Å². The van der Waals surface area contributed by atoms with E-state index in [9.17, 15) is 40.5 Å². The van der Waals surface area contributed by atoms with Crippen LogP contribution in [-0.2, 0) is 33.2 Å². The predicted octanol–water partition coefficient (Wildman–Crippen LogP) is 10.7. The zero-order valence-electron chi connectivity index (χ0n) is 47.2. The van der Waals surface area contributed by atoms with E-state index in [1.807, 2.05) is 0 Å². The summed E-state index contributed by atoms with van der Waals surface area (Å²) in [7, 11) is 0. The van der Waals surface area contributed by atoms with E-state index in [2.05, 4.69) is 123 Å². The van der Waals surface area contributed by atoms with Gasteiger partial charge in [0, 0.05) is 13.0 Å². The zero-order chi connectivity index (χ0) is 55.8. The zero-order valence-corrected chi connectivity index (χ0v) is 47.2. The maximum absolute atomic E-state index is 13.1. The summed E-state index contributed by atoms with van der Waals surface area (Å²) in [5.74, 6) is -0.398. The molecule has 0 amide bonds. The molecule has 14 nitrogen and oxygen atoms in total. The molecule has 2 saturated heterocycles. The van der Waals surface area contributed by atoms with Gasteiger partial charge >= 0.3 is 5.97 Å². The van der Waals surface area contributed by atoms with E-state index in [1.54, 1.807) is 0 Å². The molecule has 77 heavy (non-hydrogen) atoms. The Balaban J connectivity index is 1.72. The van der Waals surface area contributed by atoms with Gasteiger partial charge in [0.15, 0.2) is 12.6 Å². The van der Waals surface area contributed by atoms with Crippen molar-refractivity contribution in [3.05, 3.63) is 109 Å². The number of aliphatic hydroxyl groups is 7. The molecule has 11 atom stereocenters. The van der Waals surface area contributed by atoms with E-state index in [1.165, 1.54) is 51.4 Å². The molecule has 2 aliphatic heterocycles. The van der Waals surface area contributed by atoms with Crippen molar-refractivity contribution in [1.82, 2.24) is 0 Å². The number of hydrogen-bond donors (Lipinski definition) is 7. The average Bonchev–Trinajstić information content (AvgIpc) is 3.43. The van der Waals surface area contributed by atoms with Crippen LogP contribution in [0.1, 0.15) is 181 Å². The molecule has 0 bridgehead atoms. The fourth-order valence-corrected chi connectivity index (χ4v) is 8.60. The molecular weight excluding hydrogens is 981 g/mol. The summed E-state index contributed by atoms with van der Waals surface area (Å²) in [4.78, 5) is 13.1. The van der Waals surface area contributed by atoms with Crippen LogP contribution in [0, 0.1) is 0 Å². The lowest BCUT2D eigenvalue weighted by Gasteiger charge is -2.42. The fourth-order valence-electron chi connectivity index (χ4n) is 8.60. The van der Waals surface area contributed by atoms with E-state index in [0.717, 1.165) is 103 Å². The number of unbranched alkanes of at least 4 members (excludes halogenated alkanes) is 14. The molecule has 0 aromatic heterocycles. The largest absolute Gasteiger partial charge is 0.457 e. The third kappa shape index (κ3) is 35.1. The number of hydrogen-bond acceptors (Lipinski definition) is 14. The third-order valence-corrected chi connectivity index (χ3v) is 13.3. The van der Waals surface area contributed by atoms with Gasteiger partial charge in [0.2, 0.25) is 0 Å². The van der Waals surface area contributed by atoms with Gasteiger partial charge < -0.3 is 64.2 Å². The van der Waals surface area contributed by atoms with Crippen LogP contribution in [0.3, 0.4) is 0 Å². The Morgan fingerprint density at radius 1 is 0.429 bits per heavy atom. The molecule has 0 aromatic carbocycles. The lowest BCUT2D eigenvalue weighted by Crippen LogP contribution is -2.61. The summed E-state index contributed by atoms with van der Waals surface area (Å²) in [6.45, 7) is 3.34. The Morgan fingerprint density at radius 2 is 0.805 bits per heavy atom. The van der Waals surface area contributed by atoms with Crippen molar-refractivity contribution < 1.29 is 69.0 Å². The SMILES string of the molecule is CC/C=C\C/C=C\C/C=C\C/C=C\C/C=C\CCCCOCC(COC1OC(COC2OC(CO)C(O)C(O)C2O)C(O)C(O)C1O)OC(=O)CCCCCCCCCCCCCC/C=C\C/C=C\C/C=C\C/C=C\CC. The number of esters is 1. The highest BCUT2D eigenvalue weighted by Gasteiger charge is 2.47. The number of ether oxygens (including phenoxy) is 6. The van der Waals surface area contributed by atoms with Crippen molar-refractivity contribution in [1.29, 1.82) is 0 Å². The lowest BCUT2D eigenvalue weighted by molar-refractivity contribution is -0.332. The molecule has 0 aromatic rings. The molecule has 0 aliphatic carbocycles. The second-order valence-electron chi connectivity index (χ2n) is 20.1. The van der Waals surface area contributed by atoms with Crippen molar-refractivity contribution in [2.24, 2.45) is 0 Å². The van der Waals surface area contributed by atoms with Gasteiger partial charge in [0.25, 0.3) is 0 Å². The standard InChI is InChI=1S/C63H104O14/c1-3-5-7-9-11-13-15-17-19-21-23-24-25-26-27-28-29-30-32-34-36-38-40-42-44-46-55(65)75-52(49-72-47-45-43-41-39-37-35-33-31-22-20-18-16-14-12-10-8-6-4-2)50-73-62-61(71)59(69)57(67)54(77-62)51-74-63-60(70)58(68)56(66)53(48-64)76-63/h5-8,11-14,17-20,23-24,31,33,37,39,52-54,56-64,66-71H,3-4,9-10,15-16,21-22,25-30,32,34-36,38,40-51H2,1-2H3/b7-5-,8-6-,13-11-,14-12-,19-17-,20-18-,24-23-,33-31-,39-37-. The van der Waals surface area contributed by atoms with Crippen molar-refractivity contribution in [3.63, 3.8) is 0 Å². The Labute approximate surface area is 464 Å². The van der Waals surface area contributed by atoms with Gasteiger partial charge in [-0.2, -0.15) is 0 Å². The summed E-state index contributed by atoms with van der Waals surface area (Å²) < 4.78 is 34.3. The Bertz CT molecular complexity index is 1690. The molecule has 0 saturated carbocycles.